The first-order valence-corrected chi connectivity index (χ1v) is 11.3. The zero-order chi connectivity index (χ0) is 23.8. The average Bonchev–Trinajstić information content (AvgIpc) is 3.07. The number of unbranched alkanes of at least 4 members (excludes halogenated alkanes) is 1. The Morgan fingerprint density at radius 3 is 2.58 bits per heavy atom. The summed E-state index contributed by atoms with van der Waals surface area (Å²) < 4.78 is 7.81. The highest BCUT2D eigenvalue weighted by molar-refractivity contribution is 6.10. The Kier molecular flexibility index (Phi) is 8.39. The zero-order valence-electron chi connectivity index (χ0n) is 19.2. The number of hydrogen-bond acceptors (Lipinski definition) is 3. The quantitative estimate of drug-likeness (QED) is 0.212. The smallest absolute Gasteiger partial charge is 0.303 e. The minimum Gasteiger partial charge on any atom is -0.481 e. The van der Waals surface area contributed by atoms with Crippen LogP contribution in [0.15, 0.2) is 48.5 Å². The van der Waals surface area contributed by atoms with Crippen LogP contribution in [-0.4, -0.2) is 28.0 Å². The van der Waals surface area contributed by atoms with E-state index in [9.17, 15) is 9.59 Å². The SMILES string of the molecule is [C-]#[N+]c1ccc2c(c1)c(C(=O)CC(C)CC(=O)O)c(CCCCOCc1ccccc1)n2C. The van der Waals surface area contributed by atoms with Gasteiger partial charge in [-0.25, -0.2) is 4.85 Å². The third kappa shape index (κ3) is 6.30. The van der Waals surface area contributed by atoms with Crippen molar-refractivity contribution in [3.63, 3.8) is 0 Å². The summed E-state index contributed by atoms with van der Waals surface area (Å²) in [6.45, 7) is 10.3. The number of carboxylic acids is 1. The van der Waals surface area contributed by atoms with Crippen molar-refractivity contribution in [2.75, 3.05) is 6.61 Å². The summed E-state index contributed by atoms with van der Waals surface area (Å²) in [6.07, 6.45) is 2.56. The van der Waals surface area contributed by atoms with Gasteiger partial charge in [0, 0.05) is 48.7 Å². The van der Waals surface area contributed by atoms with Gasteiger partial charge >= 0.3 is 5.97 Å². The molecule has 6 nitrogen and oxygen atoms in total. The number of carboxylic acid groups (broad SMARTS) is 1. The molecule has 0 fully saturated rings. The van der Waals surface area contributed by atoms with E-state index >= 15 is 0 Å². The highest BCUT2D eigenvalue weighted by atomic mass is 16.5. The van der Waals surface area contributed by atoms with Gasteiger partial charge in [-0.1, -0.05) is 43.3 Å². The number of aryl methyl sites for hydroxylation is 1. The van der Waals surface area contributed by atoms with E-state index in [1.165, 1.54) is 0 Å². The molecule has 172 valence electrons. The molecule has 1 heterocycles. The molecule has 1 aromatic heterocycles. The van der Waals surface area contributed by atoms with Gasteiger partial charge in [0.1, 0.15) is 0 Å². The van der Waals surface area contributed by atoms with Crippen molar-refractivity contribution in [3.8, 4) is 0 Å². The molecule has 0 radical (unpaired) electrons. The van der Waals surface area contributed by atoms with Gasteiger partial charge in [0.05, 0.1) is 13.2 Å². The molecule has 3 aromatic rings. The van der Waals surface area contributed by atoms with Crippen LogP contribution in [0.5, 0.6) is 0 Å². The van der Waals surface area contributed by atoms with Gasteiger partial charge in [-0.15, -0.1) is 0 Å². The fourth-order valence-corrected chi connectivity index (χ4v) is 4.21. The van der Waals surface area contributed by atoms with Crippen molar-refractivity contribution >= 4 is 28.3 Å². The predicted molar refractivity (Wildman–Crippen MR) is 129 cm³/mol. The number of ether oxygens (including phenoxy) is 1. The second-order valence-electron chi connectivity index (χ2n) is 8.52. The molecule has 0 amide bonds. The lowest BCUT2D eigenvalue weighted by atomic mass is 9.94. The Morgan fingerprint density at radius 2 is 1.88 bits per heavy atom. The highest BCUT2D eigenvalue weighted by Crippen LogP contribution is 2.32. The van der Waals surface area contributed by atoms with Crippen LogP contribution in [-0.2, 0) is 29.6 Å². The summed E-state index contributed by atoms with van der Waals surface area (Å²) >= 11 is 0. The van der Waals surface area contributed by atoms with E-state index in [1.54, 1.807) is 19.1 Å². The molecular weight excluding hydrogens is 416 g/mol. The maximum Gasteiger partial charge on any atom is 0.303 e. The van der Waals surface area contributed by atoms with Gasteiger partial charge in [-0.3, -0.25) is 9.59 Å². The Labute approximate surface area is 194 Å². The molecule has 0 bridgehead atoms. The molecule has 3 rings (SSSR count). The van der Waals surface area contributed by atoms with Crippen molar-refractivity contribution in [3.05, 3.63) is 76.8 Å². The molecule has 1 N–H and O–H groups in total. The molecular formula is C27H30N2O4. The lowest BCUT2D eigenvalue weighted by molar-refractivity contribution is -0.137. The number of ketones is 1. The molecule has 0 spiro atoms. The molecule has 0 aliphatic rings. The number of carbonyl (C=O) groups excluding carboxylic acids is 1. The number of fused-ring (bicyclic) bond motifs is 1. The maximum absolute atomic E-state index is 13.3. The Bertz CT molecular complexity index is 1160. The number of aromatic nitrogens is 1. The second kappa shape index (κ2) is 11.4. The van der Waals surface area contributed by atoms with Crippen LogP contribution in [0.1, 0.15) is 54.2 Å². The second-order valence-corrected chi connectivity index (χ2v) is 8.52. The molecule has 33 heavy (non-hydrogen) atoms. The Balaban J connectivity index is 1.73. The van der Waals surface area contributed by atoms with Gasteiger partial charge in [0.25, 0.3) is 0 Å². The number of carbonyl (C=O) groups is 2. The van der Waals surface area contributed by atoms with Crippen LogP contribution >= 0.6 is 0 Å². The van der Waals surface area contributed by atoms with E-state index in [0.29, 0.717) is 30.9 Å². The Morgan fingerprint density at radius 1 is 1.12 bits per heavy atom. The van der Waals surface area contributed by atoms with Crippen molar-refractivity contribution < 1.29 is 19.4 Å². The minimum absolute atomic E-state index is 0.0438. The molecule has 1 atom stereocenters. The number of aliphatic carboxylic acids is 1. The van der Waals surface area contributed by atoms with Crippen LogP contribution in [0.25, 0.3) is 15.7 Å². The number of rotatable bonds is 12. The van der Waals surface area contributed by atoms with E-state index in [4.69, 9.17) is 16.4 Å². The summed E-state index contributed by atoms with van der Waals surface area (Å²) in [7, 11) is 1.94. The van der Waals surface area contributed by atoms with Gasteiger partial charge in [-0.2, -0.15) is 0 Å². The fraction of sp³-hybridized carbons (Fsp3) is 0.370. The van der Waals surface area contributed by atoms with Crippen LogP contribution in [0.4, 0.5) is 5.69 Å². The zero-order valence-corrected chi connectivity index (χ0v) is 19.2. The van der Waals surface area contributed by atoms with Crippen molar-refractivity contribution in [2.45, 2.75) is 45.6 Å². The fourth-order valence-electron chi connectivity index (χ4n) is 4.21. The molecule has 0 aliphatic heterocycles. The highest BCUT2D eigenvalue weighted by Gasteiger charge is 2.23. The lowest BCUT2D eigenvalue weighted by Gasteiger charge is -2.11. The van der Waals surface area contributed by atoms with Crippen LogP contribution in [0.3, 0.4) is 0 Å². The summed E-state index contributed by atoms with van der Waals surface area (Å²) in [6, 6.07) is 15.5. The number of nitrogens with zero attached hydrogens (tertiary/aromatic N) is 2. The minimum atomic E-state index is -0.903. The largest absolute Gasteiger partial charge is 0.481 e. The van der Waals surface area contributed by atoms with Gasteiger partial charge in [0.2, 0.25) is 0 Å². The predicted octanol–water partition coefficient (Wildman–Crippen LogP) is 5.95. The van der Waals surface area contributed by atoms with Gasteiger partial charge in [0.15, 0.2) is 11.5 Å². The number of benzene rings is 2. The summed E-state index contributed by atoms with van der Waals surface area (Å²) in [4.78, 5) is 27.8. The van der Waals surface area contributed by atoms with Crippen LogP contribution in [0, 0.1) is 12.5 Å². The third-order valence-corrected chi connectivity index (χ3v) is 5.83. The van der Waals surface area contributed by atoms with Crippen molar-refractivity contribution in [1.82, 2.24) is 4.57 Å². The normalized spacial score (nSPS) is 11.9. The average molecular weight is 447 g/mol. The number of hydrogen-bond donors (Lipinski definition) is 1. The number of Topliss-reactive ketones (excluding diaryl/α,β-unsaturated/α-hetero) is 1. The van der Waals surface area contributed by atoms with Crippen LogP contribution < -0.4 is 0 Å². The molecule has 2 aromatic carbocycles. The van der Waals surface area contributed by atoms with E-state index in [0.717, 1.165) is 35.0 Å². The Hall–Kier alpha value is -3.43. The standard InChI is InChI=1S/C27H30N2O4/c1-19(16-26(31)32)15-25(30)27-22-17-21(28-2)12-13-23(22)29(3)24(27)11-7-8-14-33-18-20-9-5-4-6-10-20/h4-6,9-10,12-13,17,19H,7-8,11,14-16,18H2,1,3H3,(H,31,32). The summed E-state index contributed by atoms with van der Waals surface area (Å²) in [5.74, 6) is -1.22. The third-order valence-electron chi connectivity index (χ3n) is 5.83. The summed E-state index contributed by atoms with van der Waals surface area (Å²) in [5.41, 5.74) is 4.10. The topological polar surface area (TPSA) is 72.9 Å². The monoisotopic (exact) mass is 446 g/mol. The first-order chi connectivity index (χ1) is 15.9. The summed E-state index contributed by atoms with van der Waals surface area (Å²) in [5, 5.41) is 9.84. The molecule has 0 saturated carbocycles. The lowest BCUT2D eigenvalue weighted by Crippen LogP contribution is -2.12. The first-order valence-electron chi connectivity index (χ1n) is 11.3. The molecule has 0 saturated heterocycles. The van der Waals surface area contributed by atoms with Gasteiger partial charge in [-0.05, 0) is 42.9 Å². The maximum atomic E-state index is 13.3. The van der Waals surface area contributed by atoms with E-state index in [-0.39, 0.29) is 24.5 Å². The van der Waals surface area contributed by atoms with E-state index in [1.807, 2.05) is 48.0 Å². The van der Waals surface area contributed by atoms with E-state index < -0.39 is 5.97 Å². The van der Waals surface area contributed by atoms with Crippen molar-refractivity contribution in [2.24, 2.45) is 13.0 Å². The van der Waals surface area contributed by atoms with E-state index in [2.05, 4.69) is 4.85 Å². The van der Waals surface area contributed by atoms with Gasteiger partial charge < -0.3 is 14.4 Å². The molecule has 6 heteroatoms. The van der Waals surface area contributed by atoms with Crippen LogP contribution in [0.2, 0.25) is 0 Å². The van der Waals surface area contributed by atoms with Crippen molar-refractivity contribution in [1.29, 1.82) is 0 Å². The molecule has 0 aliphatic carbocycles. The molecule has 1 unspecified atom stereocenters. The first kappa shape index (κ1) is 24.2.